The van der Waals surface area contributed by atoms with Crippen LogP contribution in [0, 0.1) is 5.92 Å². The first-order valence-corrected chi connectivity index (χ1v) is 6.33. The summed E-state index contributed by atoms with van der Waals surface area (Å²) in [6.45, 7) is 2.22. The van der Waals surface area contributed by atoms with Gasteiger partial charge in [0.1, 0.15) is 5.69 Å². The largest absolute Gasteiger partial charge is 0.316 e. The SMILES string of the molecule is Cn1nccc1-c1cncc(CC2CCNC2)n1. The Hall–Kier alpha value is -1.75. The average Bonchev–Trinajstić information content (AvgIpc) is 3.01. The van der Waals surface area contributed by atoms with Crippen LogP contribution >= 0.6 is 0 Å². The molecule has 0 amide bonds. The second-order valence-corrected chi connectivity index (χ2v) is 4.80. The molecule has 0 radical (unpaired) electrons. The summed E-state index contributed by atoms with van der Waals surface area (Å²) in [5.74, 6) is 0.695. The van der Waals surface area contributed by atoms with Gasteiger partial charge in [0.15, 0.2) is 0 Å². The highest BCUT2D eigenvalue weighted by Gasteiger charge is 2.16. The van der Waals surface area contributed by atoms with Crippen LogP contribution in [0.3, 0.4) is 0 Å². The molecule has 0 bridgehead atoms. The fourth-order valence-electron chi connectivity index (χ4n) is 2.44. The lowest BCUT2D eigenvalue weighted by atomic mass is 10.0. The summed E-state index contributed by atoms with van der Waals surface area (Å²) in [4.78, 5) is 8.99. The van der Waals surface area contributed by atoms with Crippen molar-refractivity contribution in [1.29, 1.82) is 0 Å². The van der Waals surface area contributed by atoms with Gasteiger partial charge in [0.25, 0.3) is 0 Å². The molecule has 0 spiro atoms. The minimum absolute atomic E-state index is 0.695. The van der Waals surface area contributed by atoms with Crippen LogP contribution in [0.5, 0.6) is 0 Å². The topological polar surface area (TPSA) is 55.6 Å². The van der Waals surface area contributed by atoms with Crippen molar-refractivity contribution in [3.05, 3.63) is 30.4 Å². The van der Waals surface area contributed by atoms with Crippen LogP contribution in [-0.4, -0.2) is 32.8 Å². The van der Waals surface area contributed by atoms with Gasteiger partial charge in [-0.2, -0.15) is 5.10 Å². The van der Waals surface area contributed by atoms with E-state index in [0.29, 0.717) is 5.92 Å². The van der Waals surface area contributed by atoms with Crippen molar-refractivity contribution in [3.63, 3.8) is 0 Å². The Morgan fingerprint density at radius 3 is 3.11 bits per heavy atom. The molecule has 1 aliphatic rings. The lowest BCUT2D eigenvalue weighted by molar-refractivity contribution is 0.570. The van der Waals surface area contributed by atoms with Gasteiger partial charge in [-0.1, -0.05) is 0 Å². The molecule has 5 nitrogen and oxygen atoms in total. The van der Waals surface area contributed by atoms with E-state index in [-0.39, 0.29) is 0 Å². The van der Waals surface area contributed by atoms with E-state index in [4.69, 9.17) is 0 Å². The van der Waals surface area contributed by atoms with Crippen molar-refractivity contribution in [2.75, 3.05) is 13.1 Å². The smallest absolute Gasteiger partial charge is 0.107 e. The Bertz CT molecular complexity index is 528. The number of hydrogen-bond donors (Lipinski definition) is 1. The molecular weight excluding hydrogens is 226 g/mol. The molecule has 1 fully saturated rings. The van der Waals surface area contributed by atoms with Gasteiger partial charge >= 0.3 is 0 Å². The summed E-state index contributed by atoms with van der Waals surface area (Å²) < 4.78 is 1.82. The zero-order valence-electron chi connectivity index (χ0n) is 10.5. The molecule has 0 saturated carbocycles. The van der Waals surface area contributed by atoms with E-state index in [1.807, 2.05) is 24.0 Å². The van der Waals surface area contributed by atoms with Crippen LogP contribution in [0.4, 0.5) is 0 Å². The Morgan fingerprint density at radius 1 is 1.44 bits per heavy atom. The third-order valence-corrected chi connectivity index (χ3v) is 3.43. The molecule has 1 aliphatic heterocycles. The van der Waals surface area contributed by atoms with Crippen LogP contribution in [0.15, 0.2) is 24.7 Å². The molecule has 5 heteroatoms. The normalized spacial score (nSPS) is 19.3. The standard InChI is InChI=1S/C13H17N5/c1-18-13(3-5-16-18)12-9-15-8-11(17-12)6-10-2-4-14-7-10/h3,5,8-10,14H,2,4,6-7H2,1H3. The summed E-state index contributed by atoms with van der Waals surface area (Å²) in [6, 6.07) is 1.96. The Labute approximate surface area is 106 Å². The van der Waals surface area contributed by atoms with E-state index in [1.54, 1.807) is 12.4 Å². The van der Waals surface area contributed by atoms with Gasteiger partial charge in [0.05, 0.1) is 17.6 Å². The van der Waals surface area contributed by atoms with E-state index in [2.05, 4.69) is 20.4 Å². The van der Waals surface area contributed by atoms with E-state index < -0.39 is 0 Å². The summed E-state index contributed by atoms with van der Waals surface area (Å²) in [7, 11) is 1.92. The van der Waals surface area contributed by atoms with Crippen molar-refractivity contribution >= 4 is 0 Å². The molecule has 2 aromatic rings. The number of nitrogens with one attached hydrogen (secondary N) is 1. The molecule has 94 valence electrons. The molecule has 0 aliphatic carbocycles. The molecule has 1 N–H and O–H groups in total. The second-order valence-electron chi connectivity index (χ2n) is 4.80. The van der Waals surface area contributed by atoms with Gasteiger partial charge in [-0.25, -0.2) is 4.98 Å². The Kier molecular flexibility index (Phi) is 3.06. The van der Waals surface area contributed by atoms with Crippen LogP contribution in [0.2, 0.25) is 0 Å². The van der Waals surface area contributed by atoms with Gasteiger partial charge in [-0.05, 0) is 37.9 Å². The first-order chi connectivity index (χ1) is 8.83. The van der Waals surface area contributed by atoms with E-state index in [1.165, 1.54) is 6.42 Å². The monoisotopic (exact) mass is 243 g/mol. The van der Waals surface area contributed by atoms with Gasteiger partial charge in [0.2, 0.25) is 0 Å². The Morgan fingerprint density at radius 2 is 2.39 bits per heavy atom. The van der Waals surface area contributed by atoms with Gasteiger partial charge in [-0.3, -0.25) is 9.67 Å². The molecule has 1 atom stereocenters. The third kappa shape index (κ3) is 2.26. The first-order valence-electron chi connectivity index (χ1n) is 6.33. The number of aromatic nitrogens is 4. The molecule has 1 unspecified atom stereocenters. The molecule has 2 aromatic heterocycles. The maximum absolute atomic E-state index is 4.69. The third-order valence-electron chi connectivity index (χ3n) is 3.43. The summed E-state index contributed by atoms with van der Waals surface area (Å²) >= 11 is 0. The summed E-state index contributed by atoms with van der Waals surface area (Å²) in [5.41, 5.74) is 2.98. The maximum atomic E-state index is 4.69. The Balaban J connectivity index is 1.82. The van der Waals surface area contributed by atoms with Crippen molar-refractivity contribution in [2.45, 2.75) is 12.8 Å². The average molecular weight is 243 g/mol. The molecule has 3 heterocycles. The van der Waals surface area contributed by atoms with Crippen LogP contribution < -0.4 is 5.32 Å². The highest BCUT2D eigenvalue weighted by Crippen LogP contribution is 2.17. The van der Waals surface area contributed by atoms with E-state index in [9.17, 15) is 0 Å². The first kappa shape index (κ1) is 11.3. The second kappa shape index (κ2) is 4.86. The van der Waals surface area contributed by atoms with Crippen molar-refractivity contribution in [1.82, 2.24) is 25.1 Å². The molecular formula is C13H17N5. The predicted molar refractivity (Wildman–Crippen MR) is 68.9 cm³/mol. The van der Waals surface area contributed by atoms with Crippen molar-refractivity contribution < 1.29 is 0 Å². The van der Waals surface area contributed by atoms with Crippen LogP contribution in [0.1, 0.15) is 12.1 Å². The summed E-state index contributed by atoms with van der Waals surface area (Å²) in [5, 5.41) is 7.55. The van der Waals surface area contributed by atoms with Crippen LogP contribution in [0.25, 0.3) is 11.4 Å². The van der Waals surface area contributed by atoms with Gasteiger partial charge in [0, 0.05) is 19.4 Å². The predicted octanol–water partition coefficient (Wildman–Crippen LogP) is 1.03. The van der Waals surface area contributed by atoms with E-state index >= 15 is 0 Å². The fourth-order valence-corrected chi connectivity index (χ4v) is 2.44. The molecule has 3 rings (SSSR count). The maximum Gasteiger partial charge on any atom is 0.107 e. The number of nitrogens with zero attached hydrogens (tertiary/aromatic N) is 4. The highest BCUT2D eigenvalue weighted by molar-refractivity contribution is 5.52. The highest BCUT2D eigenvalue weighted by atomic mass is 15.3. The zero-order chi connectivity index (χ0) is 12.4. The molecule has 0 aromatic carbocycles. The van der Waals surface area contributed by atoms with E-state index in [0.717, 1.165) is 36.6 Å². The number of hydrogen-bond acceptors (Lipinski definition) is 4. The fraction of sp³-hybridized carbons (Fsp3) is 0.462. The lowest BCUT2D eigenvalue weighted by Gasteiger charge is -2.08. The number of aryl methyl sites for hydroxylation is 1. The lowest BCUT2D eigenvalue weighted by Crippen LogP contribution is -2.11. The quantitative estimate of drug-likeness (QED) is 0.874. The van der Waals surface area contributed by atoms with Gasteiger partial charge < -0.3 is 5.32 Å². The van der Waals surface area contributed by atoms with Crippen molar-refractivity contribution in [3.8, 4) is 11.4 Å². The molecule has 1 saturated heterocycles. The number of rotatable bonds is 3. The van der Waals surface area contributed by atoms with Crippen molar-refractivity contribution in [2.24, 2.45) is 13.0 Å². The van der Waals surface area contributed by atoms with Gasteiger partial charge in [-0.15, -0.1) is 0 Å². The van der Waals surface area contributed by atoms with Crippen LogP contribution in [-0.2, 0) is 13.5 Å². The minimum atomic E-state index is 0.695. The minimum Gasteiger partial charge on any atom is -0.316 e. The molecule has 18 heavy (non-hydrogen) atoms. The summed E-state index contributed by atoms with van der Waals surface area (Å²) in [6.07, 6.45) is 7.69. The zero-order valence-corrected chi connectivity index (χ0v) is 10.5.